The van der Waals surface area contributed by atoms with Gasteiger partial charge in [-0.2, -0.15) is 0 Å². The molecule has 5 nitrogen and oxygen atoms in total. The molecule has 0 spiro atoms. The number of hydrogen-bond donors (Lipinski definition) is 4. The van der Waals surface area contributed by atoms with E-state index >= 15 is 0 Å². The van der Waals surface area contributed by atoms with Crippen molar-refractivity contribution < 1.29 is 42.0 Å². The summed E-state index contributed by atoms with van der Waals surface area (Å²) in [6.07, 6.45) is 4.08. The average molecular weight is 289 g/mol. The van der Waals surface area contributed by atoms with Crippen molar-refractivity contribution in [3.05, 3.63) is 0 Å². The monoisotopic (exact) mass is 288 g/mol. The molecule has 0 saturated heterocycles. The van der Waals surface area contributed by atoms with Gasteiger partial charge >= 0.3 is 31.8 Å². The number of rotatable bonds is 4. The fourth-order valence-electron chi connectivity index (χ4n) is 0.316. The number of unbranched alkanes of at least 4 members (excludes halogenated alkanes) is 2. The first-order valence-electron chi connectivity index (χ1n) is 4.70. The topological polar surface area (TPSA) is 98.0 Å². The maximum absolute atomic E-state index is 8.84. The van der Waals surface area contributed by atoms with E-state index in [0.29, 0.717) is 13.2 Å². The van der Waals surface area contributed by atoms with Crippen molar-refractivity contribution in [3.8, 4) is 0 Å². The fourth-order valence-corrected chi connectivity index (χ4v) is 0.316. The number of hydrogen-bond acceptors (Lipinski definition) is 3. The summed E-state index contributed by atoms with van der Waals surface area (Å²) >= 11 is -3.79. The molecule has 88 valence electrons. The second-order valence-electron chi connectivity index (χ2n) is 2.44. The predicted octanol–water partition coefficient (Wildman–Crippen LogP) is 0.322. The Labute approximate surface area is 94.8 Å². The minimum absolute atomic E-state index is 0.344. The van der Waals surface area contributed by atoms with Crippen molar-refractivity contribution in [3.63, 3.8) is 0 Å². The van der Waals surface area contributed by atoms with Crippen LogP contribution in [0.15, 0.2) is 0 Å². The van der Waals surface area contributed by atoms with Gasteiger partial charge in [0.25, 0.3) is 0 Å². The Hall–Kier alpha value is 0.523. The molecule has 4 N–H and O–H groups in total. The van der Waals surface area contributed by atoms with Crippen LogP contribution < -0.4 is 0 Å². The van der Waals surface area contributed by atoms with E-state index in [2.05, 4.69) is 13.8 Å². The van der Waals surface area contributed by atoms with Crippen molar-refractivity contribution in [2.45, 2.75) is 39.5 Å². The molecule has 0 rings (SSSR count). The molecule has 0 aromatic rings. The zero-order valence-electron chi connectivity index (χ0n) is 8.94. The van der Waals surface area contributed by atoms with Gasteiger partial charge in [0.15, 0.2) is 0 Å². The summed E-state index contributed by atoms with van der Waals surface area (Å²) in [7, 11) is 0. The third-order valence-electron chi connectivity index (χ3n) is 1.02. The van der Waals surface area contributed by atoms with Crippen LogP contribution in [-0.4, -0.2) is 29.8 Å². The quantitative estimate of drug-likeness (QED) is 0.597. The third-order valence-corrected chi connectivity index (χ3v) is 1.02. The summed E-state index contributed by atoms with van der Waals surface area (Å²) in [5.41, 5.74) is 0. The summed E-state index contributed by atoms with van der Waals surface area (Å²) in [6.45, 7) is 4.79. The van der Waals surface area contributed by atoms with E-state index in [4.69, 9.17) is 19.4 Å². The fraction of sp³-hybridized carbons (Fsp3) is 1.00. The van der Waals surface area contributed by atoms with Crippen molar-refractivity contribution in [2.75, 3.05) is 13.2 Å². The Morgan fingerprint density at radius 2 is 1.14 bits per heavy atom. The van der Waals surface area contributed by atoms with Gasteiger partial charge in [0.05, 0.1) is 0 Å². The zero-order chi connectivity index (χ0) is 11.8. The van der Waals surface area contributed by atoms with Gasteiger partial charge in [-0.15, -0.1) is 0 Å². The number of aliphatic hydroxyl groups is 2. The van der Waals surface area contributed by atoms with Crippen LogP contribution in [0.5, 0.6) is 0 Å². The van der Waals surface area contributed by atoms with Gasteiger partial charge < -0.3 is 10.2 Å². The van der Waals surface area contributed by atoms with Crippen molar-refractivity contribution in [1.29, 1.82) is 0 Å². The van der Waals surface area contributed by atoms with Crippen LogP contribution in [-0.2, 0) is 25.4 Å². The minimum atomic E-state index is -3.79. The van der Waals surface area contributed by atoms with E-state index in [1.807, 2.05) is 0 Å². The van der Waals surface area contributed by atoms with E-state index in [9.17, 15) is 0 Å². The summed E-state index contributed by atoms with van der Waals surface area (Å²) in [4.78, 5) is 0. The molecule has 0 heterocycles. The van der Waals surface area contributed by atoms with Crippen LogP contribution in [0.3, 0.4) is 0 Å². The SMILES string of the molecule is CCCCO.CCCCO.[O]=[Zr]([OH])[OH]. The Morgan fingerprint density at radius 1 is 0.929 bits per heavy atom. The summed E-state index contributed by atoms with van der Waals surface area (Å²) in [6, 6.07) is 0. The molecule has 0 unspecified atom stereocenters. The maximum atomic E-state index is 8.84. The molecule has 0 fully saturated rings. The normalized spacial score (nSPS) is 7.86. The molecule has 0 saturated carbocycles. The Kier molecular flexibility index (Phi) is 33.4. The molecule has 0 amide bonds. The Bertz CT molecular complexity index is 85.7. The van der Waals surface area contributed by atoms with E-state index in [1.165, 1.54) is 0 Å². The average Bonchev–Trinajstić information content (AvgIpc) is 2.07. The molecule has 0 atom stereocenters. The van der Waals surface area contributed by atoms with Crippen LogP contribution in [0.25, 0.3) is 0 Å². The predicted molar refractivity (Wildman–Crippen MR) is 49.1 cm³/mol. The van der Waals surface area contributed by atoms with Gasteiger partial charge in [-0.05, 0) is 12.8 Å². The summed E-state index contributed by atoms with van der Waals surface area (Å²) in [5.74, 6) is 0. The van der Waals surface area contributed by atoms with E-state index < -0.39 is 22.6 Å². The molecule has 0 aliphatic heterocycles. The zero-order valence-corrected chi connectivity index (χ0v) is 11.4. The molecule has 14 heavy (non-hydrogen) atoms. The van der Waals surface area contributed by atoms with Gasteiger partial charge in [0.1, 0.15) is 0 Å². The van der Waals surface area contributed by atoms with E-state index in [1.54, 1.807) is 0 Å². The Balaban J connectivity index is -0.000000131. The molecule has 0 bridgehead atoms. The van der Waals surface area contributed by atoms with Crippen LogP contribution in [0.2, 0.25) is 0 Å². The molecule has 6 heteroatoms. The summed E-state index contributed by atoms with van der Waals surface area (Å²) < 4.78 is 23.3. The molecular formula is C8H22O5Zr. The van der Waals surface area contributed by atoms with E-state index in [0.717, 1.165) is 25.7 Å². The van der Waals surface area contributed by atoms with Crippen molar-refractivity contribution in [2.24, 2.45) is 0 Å². The number of aliphatic hydroxyl groups excluding tert-OH is 2. The van der Waals surface area contributed by atoms with Crippen LogP contribution in [0, 0.1) is 0 Å². The molecule has 0 aromatic heterocycles. The molecule has 0 aliphatic carbocycles. The van der Waals surface area contributed by atoms with Gasteiger partial charge in [0, 0.05) is 13.2 Å². The molecule has 0 radical (unpaired) electrons. The molecular weight excluding hydrogens is 267 g/mol. The Morgan fingerprint density at radius 3 is 1.14 bits per heavy atom. The first-order chi connectivity index (χ1) is 6.56. The van der Waals surface area contributed by atoms with Crippen LogP contribution in [0.4, 0.5) is 0 Å². The van der Waals surface area contributed by atoms with Crippen LogP contribution in [0.1, 0.15) is 39.5 Å². The second-order valence-corrected chi connectivity index (χ2v) is 3.83. The molecule has 0 aliphatic rings. The first kappa shape index (κ1) is 20.0. The van der Waals surface area contributed by atoms with Gasteiger partial charge in [-0.3, -0.25) is 0 Å². The van der Waals surface area contributed by atoms with Crippen LogP contribution >= 0.6 is 0 Å². The summed E-state index contributed by atoms with van der Waals surface area (Å²) in [5, 5.41) is 16.1. The van der Waals surface area contributed by atoms with Crippen molar-refractivity contribution >= 4 is 0 Å². The van der Waals surface area contributed by atoms with Gasteiger partial charge in [0.2, 0.25) is 0 Å². The third kappa shape index (κ3) is 81.3. The van der Waals surface area contributed by atoms with E-state index in [-0.39, 0.29) is 0 Å². The van der Waals surface area contributed by atoms with Crippen molar-refractivity contribution in [1.82, 2.24) is 0 Å². The standard InChI is InChI=1S/2C4H10O.2H2O.O.Zr/c2*1-2-3-4-5;;;;/h2*5H,2-4H2,1H3;2*1H2;;/q;;;;;+2/p-2. The second kappa shape index (κ2) is 23.4. The van der Waals surface area contributed by atoms with Gasteiger partial charge in [-0.25, -0.2) is 0 Å². The van der Waals surface area contributed by atoms with Gasteiger partial charge in [-0.1, -0.05) is 26.7 Å². The molecule has 0 aromatic carbocycles. The first-order valence-corrected chi connectivity index (χ1v) is 7.90.